The predicted molar refractivity (Wildman–Crippen MR) is 108 cm³/mol. The number of urea groups is 1. The van der Waals surface area contributed by atoms with E-state index in [-0.39, 0.29) is 28.8 Å². The fourth-order valence-corrected chi connectivity index (χ4v) is 3.03. The van der Waals surface area contributed by atoms with Gasteiger partial charge in [0.2, 0.25) is 0 Å². The number of anilines is 1. The van der Waals surface area contributed by atoms with Gasteiger partial charge in [-0.05, 0) is 35.9 Å². The minimum Gasteiger partial charge on any atom is -0.493 e. The van der Waals surface area contributed by atoms with Gasteiger partial charge in [-0.2, -0.15) is 0 Å². The molecule has 0 spiro atoms. The highest BCUT2D eigenvalue weighted by Gasteiger charge is 2.38. The van der Waals surface area contributed by atoms with Crippen LogP contribution in [-0.4, -0.2) is 31.6 Å². The number of carbonyl (C=O) groups excluding carboxylic acids is 3. The van der Waals surface area contributed by atoms with E-state index < -0.39 is 29.2 Å². The van der Waals surface area contributed by atoms with Crippen LogP contribution < -0.4 is 19.7 Å². The van der Waals surface area contributed by atoms with E-state index in [0.717, 1.165) is 6.07 Å². The second-order valence-corrected chi connectivity index (χ2v) is 6.34. The molecule has 1 aliphatic rings. The summed E-state index contributed by atoms with van der Waals surface area (Å²) in [5, 5.41) is 2.15. The van der Waals surface area contributed by atoms with Gasteiger partial charge in [-0.15, -0.1) is 6.42 Å². The van der Waals surface area contributed by atoms with Gasteiger partial charge in [0.05, 0.1) is 17.8 Å². The Labute approximate surface area is 176 Å². The van der Waals surface area contributed by atoms with Crippen molar-refractivity contribution in [3.63, 3.8) is 0 Å². The number of carbonyl (C=O) groups is 3. The van der Waals surface area contributed by atoms with Crippen molar-refractivity contribution in [3.8, 4) is 23.8 Å². The van der Waals surface area contributed by atoms with E-state index in [2.05, 4.69) is 5.92 Å². The Kier molecular flexibility index (Phi) is 6.04. The summed E-state index contributed by atoms with van der Waals surface area (Å²) in [6.45, 7) is -0.0445. The van der Waals surface area contributed by atoms with Crippen molar-refractivity contribution < 1.29 is 28.2 Å². The lowest BCUT2D eigenvalue weighted by molar-refractivity contribution is -0.122. The van der Waals surface area contributed by atoms with Crippen molar-refractivity contribution in [2.24, 2.45) is 0 Å². The molecule has 0 atom stereocenters. The van der Waals surface area contributed by atoms with Crippen molar-refractivity contribution in [1.82, 2.24) is 5.32 Å². The molecule has 7 nitrogen and oxygen atoms in total. The van der Waals surface area contributed by atoms with Gasteiger partial charge in [0.25, 0.3) is 11.8 Å². The molecule has 4 amide bonds. The van der Waals surface area contributed by atoms with Gasteiger partial charge in [0.1, 0.15) is 18.0 Å². The number of nitrogens with one attached hydrogen (secondary N) is 1. The molecule has 0 aromatic heterocycles. The van der Waals surface area contributed by atoms with Crippen molar-refractivity contribution >= 4 is 41.2 Å². The van der Waals surface area contributed by atoms with Crippen LogP contribution in [0.15, 0.2) is 42.0 Å². The third-order valence-electron chi connectivity index (χ3n) is 4.06. The summed E-state index contributed by atoms with van der Waals surface area (Å²) in [7, 11) is 1.38. The Morgan fingerprint density at radius 3 is 2.67 bits per heavy atom. The zero-order valence-electron chi connectivity index (χ0n) is 15.6. The third-order valence-corrected chi connectivity index (χ3v) is 4.34. The molecule has 0 aliphatic carbocycles. The fraction of sp³-hybridized carbons (Fsp3) is 0.0952. The number of terminal acetylenes is 1. The number of imide groups is 2. The quantitative estimate of drug-likeness (QED) is 0.449. The Morgan fingerprint density at radius 1 is 1.27 bits per heavy atom. The van der Waals surface area contributed by atoms with E-state index >= 15 is 0 Å². The fourth-order valence-electron chi connectivity index (χ4n) is 2.75. The molecule has 0 saturated carbocycles. The normalized spacial score (nSPS) is 15.1. The van der Waals surface area contributed by atoms with Crippen molar-refractivity contribution in [2.45, 2.75) is 0 Å². The Hall–Kier alpha value is -3.83. The van der Waals surface area contributed by atoms with E-state index in [9.17, 15) is 18.8 Å². The summed E-state index contributed by atoms with van der Waals surface area (Å²) in [6.07, 6.45) is 6.38. The minimum atomic E-state index is -1.05. The topological polar surface area (TPSA) is 84.9 Å². The summed E-state index contributed by atoms with van der Waals surface area (Å²) in [6, 6.07) is 7.04. The van der Waals surface area contributed by atoms with Crippen LogP contribution in [0.1, 0.15) is 5.56 Å². The van der Waals surface area contributed by atoms with Gasteiger partial charge in [0.15, 0.2) is 11.5 Å². The number of hydrogen-bond donors (Lipinski definition) is 1. The van der Waals surface area contributed by atoms with Gasteiger partial charge >= 0.3 is 6.03 Å². The average molecular weight is 429 g/mol. The molecule has 0 bridgehead atoms. The second-order valence-electron chi connectivity index (χ2n) is 5.94. The lowest BCUT2D eigenvalue weighted by Crippen LogP contribution is -2.54. The van der Waals surface area contributed by atoms with E-state index in [1.807, 2.05) is 5.32 Å². The van der Waals surface area contributed by atoms with Crippen molar-refractivity contribution in [2.75, 3.05) is 18.6 Å². The number of rotatable bonds is 5. The largest absolute Gasteiger partial charge is 0.493 e. The Bertz CT molecular complexity index is 1120. The van der Waals surface area contributed by atoms with Gasteiger partial charge in [-0.1, -0.05) is 29.7 Å². The molecule has 1 heterocycles. The highest BCUT2D eigenvalue weighted by Crippen LogP contribution is 2.37. The van der Waals surface area contributed by atoms with Crippen LogP contribution >= 0.6 is 11.6 Å². The first kappa shape index (κ1) is 20.9. The molecule has 152 valence electrons. The number of nitrogens with zero attached hydrogens (tertiary/aromatic N) is 1. The molecule has 30 heavy (non-hydrogen) atoms. The van der Waals surface area contributed by atoms with Crippen LogP contribution in [0.2, 0.25) is 5.02 Å². The Balaban J connectivity index is 2.04. The van der Waals surface area contributed by atoms with Gasteiger partial charge in [-0.25, -0.2) is 14.1 Å². The molecule has 0 radical (unpaired) electrons. The first-order chi connectivity index (χ1) is 14.4. The lowest BCUT2D eigenvalue weighted by atomic mass is 10.1. The van der Waals surface area contributed by atoms with E-state index in [4.69, 9.17) is 27.5 Å². The molecule has 1 N–H and O–H groups in total. The summed E-state index contributed by atoms with van der Waals surface area (Å²) in [5.74, 6) is -0.000586. The molecule has 1 aliphatic heterocycles. The van der Waals surface area contributed by atoms with Crippen LogP contribution in [0, 0.1) is 18.2 Å². The first-order valence-electron chi connectivity index (χ1n) is 8.47. The zero-order chi connectivity index (χ0) is 21.8. The number of ether oxygens (including phenoxy) is 2. The average Bonchev–Trinajstić information content (AvgIpc) is 2.71. The summed E-state index contributed by atoms with van der Waals surface area (Å²) in [4.78, 5) is 37.8. The SMILES string of the molecule is C#CCOc1c(Cl)cc(/C=C2/C(=O)NC(=O)N(c3ccccc3F)C2=O)cc1OC. The maximum atomic E-state index is 14.1. The van der Waals surface area contributed by atoms with Gasteiger partial charge < -0.3 is 9.47 Å². The van der Waals surface area contributed by atoms with Crippen LogP contribution in [0.25, 0.3) is 6.08 Å². The number of hydrogen-bond acceptors (Lipinski definition) is 5. The van der Waals surface area contributed by atoms with Crippen molar-refractivity contribution in [3.05, 3.63) is 58.4 Å². The lowest BCUT2D eigenvalue weighted by Gasteiger charge is -2.26. The predicted octanol–water partition coefficient (Wildman–Crippen LogP) is 3.17. The first-order valence-corrected chi connectivity index (χ1v) is 8.85. The molecule has 9 heteroatoms. The molecule has 3 rings (SSSR count). The minimum absolute atomic E-state index is 0.0445. The number of barbiturate groups is 1. The summed E-state index contributed by atoms with van der Waals surface area (Å²) < 4.78 is 24.7. The molecule has 1 fully saturated rings. The third kappa shape index (κ3) is 3.97. The number of para-hydroxylation sites is 1. The monoisotopic (exact) mass is 428 g/mol. The Morgan fingerprint density at radius 2 is 2.00 bits per heavy atom. The van der Waals surface area contributed by atoms with Crippen LogP contribution in [-0.2, 0) is 9.59 Å². The molecule has 0 unspecified atom stereocenters. The van der Waals surface area contributed by atoms with Gasteiger partial charge in [-0.3, -0.25) is 14.9 Å². The number of halogens is 2. The number of methoxy groups -OCH3 is 1. The highest BCUT2D eigenvalue weighted by atomic mass is 35.5. The molecule has 2 aromatic carbocycles. The molecule has 1 saturated heterocycles. The van der Waals surface area contributed by atoms with Crippen LogP contribution in [0.4, 0.5) is 14.9 Å². The van der Waals surface area contributed by atoms with E-state index in [0.29, 0.717) is 10.5 Å². The van der Waals surface area contributed by atoms with E-state index in [1.165, 1.54) is 43.5 Å². The smallest absolute Gasteiger partial charge is 0.336 e. The number of amides is 4. The molecular weight excluding hydrogens is 415 g/mol. The van der Waals surface area contributed by atoms with Crippen LogP contribution in [0.5, 0.6) is 11.5 Å². The van der Waals surface area contributed by atoms with E-state index in [1.54, 1.807) is 0 Å². The van der Waals surface area contributed by atoms with Gasteiger partial charge in [0, 0.05) is 0 Å². The molecule has 2 aromatic rings. The maximum Gasteiger partial charge on any atom is 0.336 e. The number of benzene rings is 2. The van der Waals surface area contributed by atoms with Crippen molar-refractivity contribution in [1.29, 1.82) is 0 Å². The standard InChI is InChI=1S/C21H14ClFN2O5/c1-3-8-30-18-14(22)10-12(11-17(18)29-2)9-13-19(26)24-21(28)25(20(13)27)16-7-5-4-6-15(16)23/h1,4-7,9-11H,8H2,2H3,(H,24,26,28)/b13-9-. The molecular formula is C21H14ClFN2O5. The maximum absolute atomic E-state index is 14.1. The highest BCUT2D eigenvalue weighted by molar-refractivity contribution is 6.39. The zero-order valence-corrected chi connectivity index (χ0v) is 16.3. The second kappa shape index (κ2) is 8.68. The van der Waals surface area contributed by atoms with Crippen LogP contribution in [0.3, 0.4) is 0 Å². The summed E-state index contributed by atoms with van der Waals surface area (Å²) in [5.41, 5.74) is -0.369. The summed E-state index contributed by atoms with van der Waals surface area (Å²) >= 11 is 6.21.